The third-order valence-electron chi connectivity index (χ3n) is 6.20. The van der Waals surface area contributed by atoms with Crippen LogP contribution in [-0.4, -0.2) is 61.0 Å². The van der Waals surface area contributed by atoms with Crippen molar-refractivity contribution in [1.29, 1.82) is 0 Å². The number of hydrogen-bond acceptors (Lipinski definition) is 8. The fourth-order valence-corrected chi connectivity index (χ4v) is 5.39. The van der Waals surface area contributed by atoms with Crippen LogP contribution in [0.1, 0.15) is 5.56 Å². The van der Waals surface area contributed by atoms with E-state index in [0.717, 1.165) is 52.5 Å². The molecule has 1 aromatic heterocycles. The molecular weight excluding hydrogens is 474 g/mol. The minimum Gasteiger partial charge on any atom is -0.489 e. The Kier molecular flexibility index (Phi) is 7.29. The molecule has 2 heterocycles. The quantitative estimate of drug-likeness (QED) is 0.353. The first kappa shape index (κ1) is 24.0. The lowest BCUT2D eigenvalue weighted by Gasteiger charge is -2.26. The fraction of sp³-hybridized carbons (Fsp3) is 0.259. The zero-order valence-electron chi connectivity index (χ0n) is 19.9. The van der Waals surface area contributed by atoms with Gasteiger partial charge in [-0.1, -0.05) is 30.3 Å². The van der Waals surface area contributed by atoms with E-state index in [1.807, 2.05) is 72.8 Å². The van der Waals surface area contributed by atoms with Crippen LogP contribution >= 0.6 is 0 Å². The highest BCUT2D eigenvalue weighted by Gasteiger charge is 2.20. The molecule has 0 unspecified atom stereocenters. The predicted molar refractivity (Wildman–Crippen MR) is 144 cm³/mol. The van der Waals surface area contributed by atoms with Crippen LogP contribution in [0.25, 0.3) is 10.9 Å². The highest BCUT2D eigenvalue weighted by atomic mass is 32.2. The van der Waals surface area contributed by atoms with Gasteiger partial charge in [-0.05, 0) is 48.0 Å². The average molecular weight is 504 g/mol. The summed E-state index contributed by atoms with van der Waals surface area (Å²) in [6.07, 6.45) is 1.56. The summed E-state index contributed by atoms with van der Waals surface area (Å²) in [7, 11) is -2.85. The fourth-order valence-electron chi connectivity index (χ4n) is 4.11. The van der Waals surface area contributed by atoms with E-state index < -0.39 is 9.84 Å². The summed E-state index contributed by atoms with van der Waals surface area (Å²) in [4.78, 5) is 11.1. The van der Waals surface area contributed by atoms with Gasteiger partial charge in [0.2, 0.25) is 0 Å². The molecule has 2 N–H and O–H groups in total. The standard InChI is InChI=1S/C27H29N5O3S/c33-36(34)16-14-32(15-17-36)13-12-28-23-8-11-25-26(18-23)29-20-30-27(25)31-22-6-9-24(10-7-22)35-19-21-4-2-1-3-5-21/h1-11,18,20,28H,12-17,19H2,(H,29,30,31). The topological polar surface area (TPSA) is 96.5 Å². The monoisotopic (exact) mass is 503 g/mol. The molecule has 1 aliphatic heterocycles. The molecule has 0 radical (unpaired) electrons. The van der Waals surface area contributed by atoms with Gasteiger partial charge in [-0.15, -0.1) is 0 Å². The van der Waals surface area contributed by atoms with E-state index in [1.54, 1.807) is 6.33 Å². The Morgan fingerprint density at radius 2 is 1.64 bits per heavy atom. The van der Waals surface area contributed by atoms with Crippen molar-refractivity contribution < 1.29 is 13.2 Å². The molecule has 1 saturated heterocycles. The molecule has 8 nitrogen and oxygen atoms in total. The van der Waals surface area contributed by atoms with E-state index in [4.69, 9.17) is 4.74 Å². The minimum absolute atomic E-state index is 0.249. The summed E-state index contributed by atoms with van der Waals surface area (Å²) < 4.78 is 29.0. The van der Waals surface area contributed by atoms with Crippen molar-refractivity contribution in [2.24, 2.45) is 0 Å². The second-order valence-electron chi connectivity index (χ2n) is 8.80. The normalized spacial score (nSPS) is 15.4. The summed E-state index contributed by atoms with van der Waals surface area (Å²) >= 11 is 0. The summed E-state index contributed by atoms with van der Waals surface area (Å²) in [6, 6.07) is 23.9. The molecule has 1 fully saturated rings. The largest absolute Gasteiger partial charge is 0.489 e. The first-order chi connectivity index (χ1) is 17.5. The van der Waals surface area contributed by atoms with Gasteiger partial charge >= 0.3 is 0 Å². The van der Waals surface area contributed by atoms with Gasteiger partial charge in [-0.3, -0.25) is 4.90 Å². The number of rotatable bonds is 9. The maximum absolute atomic E-state index is 11.6. The average Bonchev–Trinajstić information content (AvgIpc) is 2.90. The lowest BCUT2D eigenvalue weighted by molar-refractivity contribution is 0.306. The number of sulfone groups is 1. The van der Waals surface area contributed by atoms with Crippen LogP contribution in [0.5, 0.6) is 5.75 Å². The second-order valence-corrected chi connectivity index (χ2v) is 11.1. The van der Waals surface area contributed by atoms with Crippen molar-refractivity contribution in [3.63, 3.8) is 0 Å². The van der Waals surface area contributed by atoms with Gasteiger partial charge < -0.3 is 15.4 Å². The smallest absolute Gasteiger partial charge is 0.152 e. The van der Waals surface area contributed by atoms with E-state index in [1.165, 1.54) is 0 Å². The lowest BCUT2D eigenvalue weighted by Crippen LogP contribution is -2.42. The molecule has 0 spiro atoms. The van der Waals surface area contributed by atoms with Gasteiger partial charge in [0.1, 0.15) is 24.5 Å². The van der Waals surface area contributed by atoms with Crippen LogP contribution in [-0.2, 0) is 16.4 Å². The van der Waals surface area contributed by atoms with E-state index >= 15 is 0 Å². The highest BCUT2D eigenvalue weighted by molar-refractivity contribution is 7.91. The molecule has 5 rings (SSSR count). The van der Waals surface area contributed by atoms with Crippen LogP contribution in [0.4, 0.5) is 17.2 Å². The molecule has 9 heteroatoms. The molecule has 186 valence electrons. The summed E-state index contributed by atoms with van der Waals surface area (Å²) in [5.74, 6) is 2.04. The number of benzene rings is 3. The van der Waals surface area contributed by atoms with Crippen molar-refractivity contribution in [1.82, 2.24) is 14.9 Å². The second kappa shape index (κ2) is 10.9. The Balaban J connectivity index is 1.17. The summed E-state index contributed by atoms with van der Waals surface area (Å²) in [5.41, 5.74) is 3.84. The number of fused-ring (bicyclic) bond motifs is 1. The molecule has 0 bridgehead atoms. The van der Waals surface area contributed by atoms with Crippen molar-refractivity contribution >= 4 is 37.9 Å². The zero-order valence-corrected chi connectivity index (χ0v) is 20.7. The molecule has 0 aliphatic carbocycles. The van der Waals surface area contributed by atoms with E-state index in [2.05, 4.69) is 25.5 Å². The number of nitrogens with one attached hydrogen (secondary N) is 2. The Morgan fingerprint density at radius 3 is 2.42 bits per heavy atom. The lowest BCUT2D eigenvalue weighted by atomic mass is 10.2. The molecule has 36 heavy (non-hydrogen) atoms. The predicted octanol–water partition coefficient (Wildman–Crippen LogP) is 4.09. The maximum atomic E-state index is 11.6. The Morgan fingerprint density at radius 1 is 0.889 bits per heavy atom. The van der Waals surface area contributed by atoms with Gasteiger partial charge in [0, 0.05) is 42.9 Å². The van der Waals surface area contributed by atoms with Gasteiger partial charge in [0.05, 0.1) is 17.0 Å². The number of anilines is 3. The first-order valence-corrected chi connectivity index (χ1v) is 13.8. The molecule has 3 aromatic carbocycles. The molecule has 1 aliphatic rings. The number of nitrogens with zero attached hydrogens (tertiary/aromatic N) is 3. The number of hydrogen-bond donors (Lipinski definition) is 2. The van der Waals surface area contributed by atoms with E-state index in [9.17, 15) is 8.42 Å². The van der Waals surface area contributed by atoms with Crippen LogP contribution in [0.2, 0.25) is 0 Å². The summed E-state index contributed by atoms with van der Waals surface area (Å²) in [6.45, 7) is 3.27. The Hall–Kier alpha value is -3.69. The van der Waals surface area contributed by atoms with Crippen molar-refractivity contribution in [3.05, 3.63) is 84.7 Å². The van der Waals surface area contributed by atoms with Crippen LogP contribution < -0.4 is 15.4 Å². The van der Waals surface area contributed by atoms with Crippen LogP contribution in [0.3, 0.4) is 0 Å². The van der Waals surface area contributed by atoms with Gasteiger partial charge in [-0.2, -0.15) is 0 Å². The van der Waals surface area contributed by atoms with Crippen LogP contribution in [0.15, 0.2) is 79.1 Å². The SMILES string of the molecule is O=S1(=O)CCN(CCNc2ccc3c(Nc4ccc(OCc5ccccc5)cc4)ncnc3c2)CC1. The molecular formula is C27H29N5O3S. The maximum Gasteiger partial charge on any atom is 0.152 e. The van der Waals surface area contributed by atoms with Crippen molar-refractivity contribution in [2.45, 2.75) is 6.61 Å². The first-order valence-electron chi connectivity index (χ1n) is 12.0. The highest BCUT2D eigenvalue weighted by Crippen LogP contribution is 2.26. The zero-order chi connectivity index (χ0) is 24.8. The van der Waals surface area contributed by atoms with Crippen molar-refractivity contribution in [2.75, 3.05) is 48.3 Å². The van der Waals surface area contributed by atoms with Crippen molar-refractivity contribution in [3.8, 4) is 5.75 Å². The van der Waals surface area contributed by atoms with Crippen LogP contribution in [0, 0.1) is 0 Å². The van der Waals surface area contributed by atoms with E-state index in [0.29, 0.717) is 19.7 Å². The molecule has 0 amide bonds. The molecule has 4 aromatic rings. The van der Waals surface area contributed by atoms with Gasteiger partial charge in [0.15, 0.2) is 9.84 Å². The third-order valence-corrected chi connectivity index (χ3v) is 7.81. The number of aromatic nitrogens is 2. The molecule has 0 saturated carbocycles. The van der Waals surface area contributed by atoms with E-state index in [-0.39, 0.29) is 11.5 Å². The molecule has 0 atom stereocenters. The van der Waals surface area contributed by atoms with Gasteiger partial charge in [0.25, 0.3) is 0 Å². The van der Waals surface area contributed by atoms with Gasteiger partial charge in [-0.25, -0.2) is 18.4 Å². The third kappa shape index (κ3) is 6.30. The minimum atomic E-state index is -2.85. The Bertz CT molecular complexity index is 1400. The summed E-state index contributed by atoms with van der Waals surface area (Å²) in [5, 5.41) is 7.72. The Labute approximate surface area is 211 Å². The number of ether oxygens (including phenoxy) is 1.